The number of hydrogen-bond donors (Lipinski definition) is 1. The topological polar surface area (TPSA) is 45.3 Å². The van der Waals surface area contributed by atoms with Crippen LogP contribution in [0.25, 0.3) is 17.0 Å². The van der Waals surface area contributed by atoms with Crippen LogP contribution in [0.1, 0.15) is 16.8 Å². The van der Waals surface area contributed by atoms with Gasteiger partial charge >= 0.3 is 0 Å². The van der Waals surface area contributed by atoms with Gasteiger partial charge in [-0.25, -0.2) is 0 Å². The van der Waals surface area contributed by atoms with Crippen LogP contribution in [0.3, 0.4) is 0 Å². The molecule has 0 spiro atoms. The maximum absolute atomic E-state index is 12.6. The van der Waals surface area contributed by atoms with Crippen LogP contribution in [0.5, 0.6) is 5.75 Å². The first-order valence-corrected chi connectivity index (χ1v) is 8.44. The Labute approximate surface area is 146 Å². The number of aromatic nitrogens is 1. The maximum atomic E-state index is 12.6. The van der Waals surface area contributed by atoms with Gasteiger partial charge < -0.3 is 14.6 Å². The highest BCUT2D eigenvalue weighted by Crippen LogP contribution is 2.27. The van der Waals surface area contributed by atoms with Crippen molar-refractivity contribution in [1.29, 1.82) is 0 Å². The van der Waals surface area contributed by atoms with Crippen LogP contribution in [-0.4, -0.2) is 29.4 Å². The van der Waals surface area contributed by atoms with Gasteiger partial charge in [0.15, 0.2) is 0 Å². The van der Waals surface area contributed by atoms with Gasteiger partial charge in [0.2, 0.25) is 5.91 Å². The highest BCUT2D eigenvalue weighted by molar-refractivity contribution is 5.93. The lowest BCUT2D eigenvalue weighted by Gasteiger charge is -2.26. The Morgan fingerprint density at radius 1 is 1.16 bits per heavy atom. The molecule has 2 aromatic carbocycles. The van der Waals surface area contributed by atoms with Crippen molar-refractivity contribution in [2.75, 3.05) is 13.7 Å². The average molecular weight is 332 g/mol. The minimum Gasteiger partial charge on any atom is -0.497 e. The van der Waals surface area contributed by atoms with E-state index < -0.39 is 0 Å². The zero-order valence-corrected chi connectivity index (χ0v) is 14.2. The highest BCUT2D eigenvalue weighted by Gasteiger charge is 2.22. The van der Waals surface area contributed by atoms with Crippen molar-refractivity contribution in [3.63, 3.8) is 0 Å². The second-order valence-corrected chi connectivity index (χ2v) is 6.24. The zero-order chi connectivity index (χ0) is 17.2. The summed E-state index contributed by atoms with van der Waals surface area (Å²) in [5.41, 5.74) is 4.63. The van der Waals surface area contributed by atoms with Gasteiger partial charge in [0.05, 0.1) is 7.11 Å². The first kappa shape index (κ1) is 15.5. The molecule has 4 rings (SSSR count). The average Bonchev–Trinajstić information content (AvgIpc) is 3.04. The van der Waals surface area contributed by atoms with E-state index in [1.54, 1.807) is 13.2 Å². The van der Waals surface area contributed by atoms with Crippen molar-refractivity contribution < 1.29 is 9.53 Å². The lowest BCUT2D eigenvalue weighted by molar-refractivity contribution is -0.126. The number of fused-ring (bicyclic) bond motifs is 3. The predicted octanol–water partition coefficient (Wildman–Crippen LogP) is 3.77. The van der Waals surface area contributed by atoms with Gasteiger partial charge in [-0.05, 0) is 29.8 Å². The molecule has 3 aromatic rings. The van der Waals surface area contributed by atoms with Crippen molar-refractivity contribution in [3.8, 4) is 5.75 Å². The summed E-state index contributed by atoms with van der Waals surface area (Å²) in [4.78, 5) is 17.9. The molecule has 2 heterocycles. The molecule has 0 radical (unpaired) electrons. The standard InChI is InChI=1S/C21H20N2O2/c1-25-16-9-6-15(7-10-16)8-11-21(24)23-13-12-20-18(14-23)17-4-2-3-5-19(17)22-20/h2-11,22H,12-14H2,1H3. The number of nitrogens with zero attached hydrogens (tertiary/aromatic N) is 1. The van der Waals surface area contributed by atoms with E-state index in [0.717, 1.165) is 29.8 Å². The number of nitrogens with one attached hydrogen (secondary N) is 1. The fourth-order valence-electron chi connectivity index (χ4n) is 3.34. The summed E-state index contributed by atoms with van der Waals surface area (Å²) in [5, 5.41) is 1.22. The van der Waals surface area contributed by atoms with E-state index >= 15 is 0 Å². The third kappa shape index (κ3) is 3.03. The van der Waals surface area contributed by atoms with Crippen molar-refractivity contribution in [2.45, 2.75) is 13.0 Å². The quantitative estimate of drug-likeness (QED) is 0.742. The van der Waals surface area contributed by atoms with Crippen LogP contribution >= 0.6 is 0 Å². The van der Waals surface area contributed by atoms with Crippen molar-refractivity contribution in [2.24, 2.45) is 0 Å². The first-order valence-electron chi connectivity index (χ1n) is 8.44. The Balaban J connectivity index is 1.50. The molecule has 0 bridgehead atoms. The summed E-state index contributed by atoms with van der Waals surface area (Å²) in [6, 6.07) is 15.9. The number of amides is 1. The number of rotatable bonds is 3. The van der Waals surface area contributed by atoms with Crippen LogP contribution in [0.2, 0.25) is 0 Å². The number of H-pyrrole nitrogens is 1. The van der Waals surface area contributed by atoms with Gasteiger partial charge in [-0.15, -0.1) is 0 Å². The fraction of sp³-hybridized carbons (Fsp3) is 0.190. The molecule has 0 aliphatic carbocycles. The van der Waals surface area contributed by atoms with Crippen molar-refractivity contribution >= 4 is 22.9 Å². The molecule has 0 fully saturated rings. The summed E-state index contributed by atoms with van der Waals surface area (Å²) in [7, 11) is 1.64. The van der Waals surface area contributed by atoms with Crippen LogP contribution in [-0.2, 0) is 17.8 Å². The number of methoxy groups -OCH3 is 1. The third-order valence-corrected chi connectivity index (χ3v) is 4.73. The minimum absolute atomic E-state index is 0.0479. The van der Waals surface area contributed by atoms with Crippen molar-refractivity contribution in [3.05, 3.63) is 71.4 Å². The highest BCUT2D eigenvalue weighted by atomic mass is 16.5. The Kier molecular flexibility index (Phi) is 4.02. The number of ether oxygens (including phenoxy) is 1. The van der Waals surface area contributed by atoms with E-state index in [2.05, 4.69) is 17.1 Å². The molecule has 1 aliphatic heterocycles. The molecule has 0 atom stereocenters. The number of carbonyl (C=O) groups excluding carboxylic acids is 1. The van der Waals surface area contributed by atoms with Gasteiger partial charge in [-0.3, -0.25) is 4.79 Å². The molecule has 0 unspecified atom stereocenters. The Bertz CT molecular complexity index is 938. The van der Waals surface area contributed by atoms with Crippen LogP contribution < -0.4 is 4.74 Å². The van der Waals surface area contributed by atoms with Crippen LogP contribution in [0.4, 0.5) is 0 Å². The summed E-state index contributed by atoms with van der Waals surface area (Å²) >= 11 is 0. The molecule has 1 aliphatic rings. The first-order chi connectivity index (χ1) is 12.2. The predicted molar refractivity (Wildman–Crippen MR) is 99.4 cm³/mol. The normalized spacial score (nSPS) is 14.0. The SMILES string of the molecule is COc1ccc(C=CC(=O)N2CCc3[nH]c4ccccc4c3C2)cc1. The van der Waals surface area contributed by atoms with E-state index in [1.807, 2.05) is 47.4 Å². The zero-order valence-electron chi connectivity index (χ0n) is 14.2. The Morgan fingerprint density at radius 3 is 2.76 bits per heavy atom. The number of carbonyl (C=O) groups is 1. The van der Waals surface area contributed by atoms with Gasteiger partial charge in [0, 0.05) is 47.7 Å². The molecule has 0 saturated carbocycles. The van der Waals surface area contributed by atoms with Gasteiger partial charge in [0.25, 0.3) is 0 Å². The van der Waals surface area contributed by atoms with E-state index in [4.69, 9.17) is 4.74 Å². The molecular formula is C21H20N2O2. The molecule has 1 N–H and O–H groups in total. The summed E-state index contributed by atoms with van der Waals surface area (Å²) in [5.74, 6) is 0.859. The molecule has 4 heteroatoms. The molecular weight excluding hydrogens is 312 g/mol. The molecule has 126 valence electrons. The number of benzene rings is 2. The van der Waals surface area contributed by atoms with E-state index in [0.29, 0.717) is 6.54 Å². The summed E-state index contributed by atoms with van der Waals surface area (Å²) in [6.07, 6.45) is 4.38. The molecule has 1 amide bonds. The molecule has 0 saturated heterocycles. The molecule has 1 aromatic heterocycles. The van der Waals surface area contributed by atoms with E-state index in [-0.39, 0.29) is 5.91 Å². The van der Waals surface area contributed by atoms with E-state index in [1.165, 1.54) is 16.6 Å². The van der Waals surface area contributed by atoms with Gasteiger partial charge in [-0.2, -0.15) is 0 Å². The minimum atomic E-state index is 0.0479. The second-order valence-electron chi connectivity index (χ2n) is 6.24. The fourth-order valence-corrected chi connectivity index (χ4v) is 3.34. The summed E-state index contributed by atoms with van der Waals surface area (Å²) in [6.45, 7) is 1.40. The Morgan fingerprint density at radius 2 is 1.96 bits per heavy atom. The lowest BCUT2D eigenvalue weighted by atomic mass is 10.0. The van der Waals surface area contributed by atoms with Gasteiger partial charge in [-0.1, -0.05) is 30.3 Å². The van der Waals surface area contributed by atoms with Crippen LogP contribution in [0.15, 0.2) is 54.6 Å². The largest absolute Gasteiger partial charge is 0.497 e. The number of hydrogen-bond acceptors (Lipinski definition) is 2. The van der Waals surface area contributed by atoms with Gasteiger partial charge in [0.1, 0.15) is 5.75 Å². The number of para-hydroxylation sites is 1. The maximum Gasteiger partial charge on any atom is 0.246 e. The second kappa shape index (κ2) is 6.48. The third-order valence-electron chi connectivity index (χ3n) is 4.73. The monoisotopic (exact) mass is 332 g/mol. The smallest absolute Gasteiger partial charge is 0.246 e. The summed E-state index contributed by atoms with van der Waals surface area (Å²) < 4.78 is 5.15. The Hall–Kier alpha value is -3.01. The van der Waals surface area contributed by atoms with E-state index in [9.17, 15) is 4.79 Å². The molecule has 25 heavy (non-hydrogen) atoms. The van der Waals surface area contributed by atoms with Crippen LogP contribution in [0, 0.1) is 0 Å². The molecule has 4 nitrogen and oxygen atoms in total. The number of aromatic amines is 1. The lowest BCUT2D eigenvalue weighted by Crippen LogP contribution is -2.34. The van der Waals surface area contributed by atoms with Crippen molar-refractivity contribution in [1.82, 2.24) is 9.88 Å².